The van der Waals surface area contributed by atoms with Crippen LogP contribution in [0.1, 0.15) is 48.0 Å². The van der Waals surface area contributed by atoms with Crippen LogP contribution in [0.4, 0.5) is 13.2 Å². The second kappa shape index (κ2) is 11.5. The molecule has 3 aliphatic heterocycles. The van der Waals surface area contributed by atoms with Gasteiger partial charge in [0.1, 0.15) is 0 Å². The Morgan fingerprint density at radius 2 is 1.54 bits per heavy atom. The second-order valence-corrected chi connectivity index (χ2v) is 11.2. The predicted octanol–water partition coefficient (Wildman–Crippen LogP) is 5.18. The average molecular weight is 564 g/mol. The van der Waals surface area contributed by atoms with E-state index in [4.69, 9.17) is 11.6 Å². The molecule has 39 heavy (non-hydrogen) atoms. The van der Waals surface area contributed by atoms with Crippen LogP contribution >= 0.6 is 11.6 Å². The minimum atomic E-state index is -4.21. The number of halogens is 4. The third kappa shape index (κ3) is 6.26. The Hall–Kier alpha value is -2.62. The number of carbonyl (C=O) groups is 2. The molecule has 3 fully saturated rings. The summed E-state index contributed by atoms with van der Waals surface area (Å²) >= 11 is 6.63. The van der Waals surface area contributed by atoms with Crippen LogP contribution in [-0.2, 0) is 11.2 Å². The van der Waals surface area contributed by atoms with Gasteiger partial charge in [-0.2, -0.15) is 13.2 Å². The van der Waals surface area contributed by atoms with Gasteiger partial charge in [0, 0.05) is 49.2 Å². The number of carbonyl (C=O) groups excluding carboxylic acids is 2. The summed E-state index contributed by atoms with van der Waals surface area (Å²) in [6.07, 6.45) is -1.94. The number of hydrazine groups is 1. The number of aliphatic hydroxyl groups excluding tert-OH is 1. The molecular formula is C29H33ClF3N3O3. The molecule has 0 aromatic heterocycles. The number of hydrogen-bond acceptors (Lipinski definition) is 4. The van der Waals surface area contributed by atoms with Gasteiger partial charge in [-0.15, -0.1) is 0 Å². The zero-order valence-corrected chi connectivity index (χ0v) is 22.4. The van der Waals surface area contributed by atoms with Crippen molar-refractivity contribution in [1.29, 1.82) is 0 Å². The minimum Gasteiger partial charge on any atom is -0.393 e. The molecule has 2 amide bonds. The van der Waals surface area contributed by atoms with Gasteiger partial charge in [-0.25, -0.2) is 5.01 Å². The highest BCUT2D eigenvalue weighted by molar-refractivity contribution is 6.31. The standard InChI is InChI=1S/C29H33ClF3N3O3/c30-26-18-21(5-6-22(26)17-23-7-16-36(28(23)39)35-14-10-25(37)11-15-35)19-1-3-20(4-2-19)27(38)34-12-8-24(9-13-34)29(31,32)33/h1-6,18,23-25,37H,7-17H2/t23-/m0/s1. The third-order valence-electron chi connectivity index (χ3n) is 8.30. The summed E-state index contributed by atoms with van der Waals surface area (Å²) in [7, 11) is 0. The van der Waals surface area contributed by atoms with Crippen LogP contribution in [0.15, 0.2) is 42.5 Å². The Morgan fingerprint density at radius 3 is 2.15 bits per heavy atom. The summed E-state index contributed by atoms with van der Waals surface area (Å²) in [6.45, 7) is 2.27. The highest BCUT2D eigenvalue weighted by Crippen LogP contribution is 2.35. The zero-order chi connectivity index (χ0) is 27.7. The number of piperidine rings is 2. The summed E-state index contributed by atoms with van der Waals surface area (Å²) < 4.78 is 38.8. The predicted molar refractivity (Wildman–Crippen MR) is 142 cm³/mol. The summed E-state index contributed by atoms with van der Waals surface area (Å²) in [5.74, 6) is -1.63. The Balaban J connectivity index is 1.18. The number of alkyl halides is 3. The molecule has 3 aliphatic rings. The molecule has 3 heterocycles. The van der Waals surface area contributed by atoms with Gasteiger partial charge >= 0.3 is 6.18 Å². The van der Waals surface area contributed by atoms with E-state index in [2.05, 4.69) is 5.01 Å². The van der Waals surface area contributed by atoms with Crippen LogP contribution in [-0.4, -0.2) is 76.8 Å². The van der Waals surface area contributed by atoms with E-state index in [-0.39, 0.29) is 49.8 Å². The number of amides is 2. The Kier molecular flexibility index (Phi) is 8.21. The SMILES string of the molecule is O=C(c1ccc(-c2ccc(C[C@@H]3CCN(N4CCC(O)CC4)C3=O)c(Cl)c2)cc1)N1CCC(C(F)(F)F)CC1. The Labute approximate surface area is 231 Å². The fourth-order valence-electron chi connectivity index (χ4n) is 5.84. The smallest absolute Gasteiger partial charge is 0.391 e. The van der Waals surface area contributed by atoms with Gasteiger partial charge in [0.05, 0.1) is 12.0 Å². The van der Waals surface area contributed by atoms with Crippen molar-refractivity contribution >= 4 is 23.4 Å². The topological polar surface area (TPSA) is 64.1 Å². The van der Waals surface area contributed by atoms with Gasteiger partial charge in [-0.05, 0) is 73.4 Å². The molecule has 0 radical (unpaired) electrons. The van der Waals surface area contributed by atoms with E-state index in [1.165, 1.54) is 4.90 Å². The molecular weight excluding hydrogens is 531 g/mol. The van der Waals surface area contributed by atoms with E-state index in [1.807, 2.05) is 35.3 Å². The van der Waals surface area contributed by atoms with E-state index in [0.717, 1.165) is 23.1 Å². The molecule has 0 unspecified atom stereocenters. The Bertz CT molecular complexity index is 1190. The first-order valence-electron chi connectivity index (χ1n) is 13.6. The van der Waals surface area contributed by atoms with Crippen molar-refractivity contribution in [3.05, 3.63) is 58.6 Å². The lowest BCUT2D eigenvalue weighted by Crippen LogP contribution is -2.49. The number of benzene rings is 2. The van der Waals surface area contributed by atoms with Crippen molar-refractivity contribution in [1.82, 2.24) is 14.9 Å². The molecule has 3 saturated heterocycles. The fourth-order valence-corrected chi connectivity index (χ4v) is 6.10. The van der Waals surface area contributed by atoms with Gasteiger partial charge in [-0.1, -0.05) is 35.9 Å². The van der Waals surface area contributed by atoms with Crippen molar-refractivity contribution in [3.8, 4) is 11.1 Å². The summed E-state index contributed by atoms with van der Waals surface area (Å²) in [6, 6.07) is 12.8. The van der Waals surface area contributed by atoms with Gasteiger partial charge in [-0.3, -0.25) is 14.6 Å². The van der Waals surface area contributed by atoms with Crippen LogP contribution in [0.3, 0.4) is 0 Å². The normalized spacial score (nSPS) is 22.1. The fraction of sp³-hybridized carbons (Fsp3) is 0.517. The van der Waals surface area contributed by atoms with E-state index < -0.39 is 12.1 Å². The Morgan fingerprint density at radius 1 is 0.897 bits per heavy atom. The zero-order valence-electron chi connectivity index (χ0n) is 21.7. The summed E-state index contributed by atoms with van der Waals surface area (Å²) in [5.41, 5.74) is 3.09. The first-order valence-corrected chi connectivity index (χ1v) is 14.0. The number of aliphatic hydroxyl groups is 1. The number of nitrogens with zero attached hydrogens (tertiary/aromatic N) is 3. The molecule has 210 valence electrons. The van der Waals surface area contributed by atoms with Gasteiger partial charge in [0.2, 0.25) is 5.91 Å². The van der Waals surface area contributed by atoms with E-state index in [0.29, 0.717) is 49.5 Å². The molecule has 2 aromatic rings. The highest BCUT2D eigenvalue weighted by Gasteiger charge is 2.42. The molecule has 5 rings (SSSR count). The number of likely N-dealkylation sites (tertiary alicyclic amines) is 1. The maximum atomic E-state index is 13.0. The van der Waals surface area contributed by atoms with Crippen molar-refractivity contribution in [2.45, 2.75) is 50.8 Å². The van der Waals surface area contributed by atoms with Crippen LogP contribution < -0.4 is 0 Å². The lowest BCUT2D eigenvalue weighted by molar-refractivity contribution is -0.183. The van der Waals surface area contributed by atoms with E-state index in [9.17, 15) is 27.9 Å². The first-order chi connectivity index (χ1) is 18.6. The van der Waals surface area contributed by atoms with Crippen molar-refractivity contribution < 1.29 is 27.9 Å². The summed E-state index contributed by atoms with van der Waals surface area (Å²) in [4.78, 5) is 27.3. The molecule has 6 nitrogen and oxygen atoms in total. The number of hydrogen-bond donors (Lipinski definition) is 1. The van der Waals surface area contributed by atoms with Crippen LogP contribution in [0, 0.1) is 11.8 Å². The third-order valence-corrected chi connectivity index (χ3v) is 8.66. The minimum absolute atomic E-state index is 0.0644. The first kappa shape index (κ1) is 27.9. The van der Waals surface area contributed by atoms with E-state index in [1.54, 1.807) is 12.1 Å². The maximum Gasteiger partial charge on any atom is 0.391 e. The lowest BCUT2D eigenvalue weighted by atomic mass is 9.95. The molecule has 2 aromatic carbocycles. The van der Waals surface area contributed by atoms with Crippen molar-refractivity contribution in [2.24, 2.45) is 11.8 Å². The highest BCUT2D eigenvalue weighted by atomic mass is 35.5. The van der Waals surface area contributed by atoms with Crippen LogP contribution in [0.5, 0.6) is 0 Å². The molecule has 10 heteroatoms. The number of rotatable bonds is 5. The molecule has 0 saturated carbocycles. The van der Waals surface area contributed by atoms with Gasteiger partial charge in [0.15, 0.2) is 0 Å². The molecule has 1 atom stereocenters. The van der Waals surface area contributed by atoms with Crippen molar-refractivity contribution in [2.75, 3.05) is 32.7 Å². The van der Waals surface area contributed by atoms with Crippen LogP contribution in [0.2, 0.25) is 5.02 Å². The van der Waals surface area contributed by atoms with Gasteiger partial charge < -0.3 is 10.0 Å². The second-order valence-electron chi connectivity index (χ2n) is 10.8. The average Bonchev–Trinajstić information content (AvgIpc) is 3.29. The molecule has 0 bridgehead atoms. The molecule has 0 aliphatic carbocycles. The van der Waals surface area contributed by atoms with Crippen molar-refractivity contribution in [3.63, 3.8) is 0 Å². The van der Waals surface area contributed by atoms with Gasteiger partial charge in [0.25, 0.3) is 5.91 Å². The lowest BCUT2D eigenvalue weighted by Gasteiger charge is -2.36. The van der Waals surface area contributed by atoms with Crippen LogP contribution in [0.25, 0.3) is 11.1 Å². The monoisotopic (exact) mass is 563 g/mol. The molecule has 0 spiro atoms. The quantitative estimate of drug-likeness (QED) is 0.544. The largest absolute Gasteiger partial charge is 0.393 e. The molecule has 1 N–H and O–H groups in total. The van der Waals surface area contributed by atoms with E-state index >= 15 is 0 Å². The maximum absolute atomic E-state index is 13.0. The summed E-state index contributed by atoms with van der Waals surface area (Å²) in [5, 5.41) is 14.2.